The van der Waals surface area contributed by atoms with E-state index in [2.05, 4.69) is 26.6 Å². The Labute approximate surface area is 222 Å². The SMILES string of the molecule is C=C(C=CC(=CC)Oc1cc(F)cc(OCc2cnc(C)s2)c1)c1nn(C(CO)CO)c2ncnc(N)c12. The molecular formula is C26H27FN6O4S. The van der Waals surface area contributed by atoms with Crippen LogP contribution in [-0.2, 0) is 6.61 Å². The lowest BCUT2D eigenvalue weighted by atomic mass is 10.1. The Morgan fingerprint density at radius 2 is 1.95 bits per heavy atom. The predicted octanol–water partition coefficient (Wildman–Crippen LogP) is 3.97. The van der Waals surface area contributed by atoms with Crippen molar-refractivity contribution in [3.63, 3.8) is 0 Å². The molecule has 0 spiro atoms. The number of nitrogen functional groups attached to an aromatic ring is 1. The summed E-state index contributed by atoms with van der Waals surface area (Å²) in [5, 5.41) is 25.1. The van der Waals surface area contributed by atoms with E-state index in [0.29, 0.717) is 33.8 Å². The summed E-state index contributed by atoms with van der Waals surface area (Å²) in [6.07, 6.45) is 8.02. The highest BCUT2D eigenvalue weighted by Crippen LogP contribution is 2.30. The molecule has 0 aliphatic rings. The molecule has 38 heavy (non-hydrogen) atoms. The topological polar surface area (TPSA) is 141 Å². The lowest BCUT2D eigenvalue weighted by Gasteiger charge is -2.11. The van der Waals surface area contributed by atoms with Crippen LogP contribution in [0.1, 0.15) is 28.5 Å². The van der Waals surface area contributed by atoms with Gasteiger partial charge in [-0.05, 0) is 37.6 Å². The van der Waals surface area contributed by atoms with Gasteiger partial charge in [-0.1, -0.05) is 6.58 Å². The summed E-state index contributed by atoms with van der Waals surface area (Å²) in [6, 6.07) is 3.43. The first-order valence-electron chi connectivity index (χ1n) is 11.6. The second-order valence-electron chi connectivity index (χ2n) is 8.18. The molecule has 0 aliphatic heterocycles. The van der Waals surface area contributed by atoms with E-state index < -0.39 is 11.9 Å². The molecule has 1 aromatic carbocycles. The molecular weight excluding hydrogens is 511 g/mol. The summed E-state index contributed by atoms with van der Waals surface area (Å²) in [4.78, 5) is 13.4. The number of hydrogen-bond donors (Lipinski definition) is 3. The predicted molar refractivity (Wildman–Crippen MR) is 143 cm³/mol. The Morgan fingerprint density at radius 3 is 2.63 bits per heavy atom. The van der Waals surface area contributed by atoms with Gasteiger partial charge in [0.2, 0.25) is 0 Å². The van der Waals surface area contributed by atoms with Crippen molar-refractivity contribution in [3.8, 4) is 11.5 Å². The number of aliphatic hydroxyl groups excluding tert-OH is 2. The van der Waals surface area contributed by atoms with Crippen molar-refractivity contribution in [1.82, 2.24) is 24.7 Å². The van der Waals surface area contributed by atoms with Crippen molar-refractivity contribution in [3.05, 3.63) is 82.7 Å². The van der Waals surface area contributed by atoms with Crippen LogP contribution in [0.5, 0.6) is 11.5 Å². The molecule has 0 unspecified atom stereocenters. The summed E-state index contributed by atoms with van der Waals surface area (Å²) in [6.45, 7) is 7.32. The van der Waals surface area contributed by atoms with Crippen molar-refractivity contribution < 1.29 is 24.1 Å². The van der Waals surface area contributed by atoms with Gasteiger partial charge in [0.1, 0.15) is 53.6 Å². The highest BCUT2D eigenvalue weighted by Gasteiger charge is 2.21. The number of nitrogens with two attached hydrogens (primary N) is 1. The van der Waals surface area contributed by atoms with E-state index >= 15 is 0 Å². The fourth-order valence-electron chi connectivity index (χ4n) is 3.58. The summed E-state index contributed by atoms with van der Waals surface area (Å²) >= 11 is 1.51. The number of aryl methyl sites for hydroxylation is 1. The molecule has 0 fully saturated rings. The molecule has 0 bridgehead atoms. The molecule has 0 amide bonds. The number of allylic oxidation sites excluding steroid dienone is 4. The maximum absolute atomic E-state index is 14.3. The number of thiazole rings is 1. The molecule has 0 saturated carbocycles. The van der Waals surface area contributed by atoms with Gasteiger partial charge in [0, 0.05) is 24.4 Å². The Balaban J connectivity index is 1.53. The third-order valence-corrected chi connectivity index (χ3v) is 6.34. The largest absolute Gasteiger partial charge is 0.488 e. The lowest BCUT2D eigenvalue weighted by molar-refractivity contribution is 0.148. The number of rotatable bonds is 11. The van der Waals surface area contributed by atoms with E-state index in [1.54, 1.807) is 37.4 Å². The van der Waals surface area contributed by atoms with E-state index in [1.807, 2.05) is 6.92 Å². The minimum absolute atomic E-state index is 0.184. The Morgan fingerprint density at radius 1 is 1.18 bits per heavy atom. The van der Waals surface area contributed by atoms with Gasteiger partial charge in [-0.3, -0.25) is 0 Å². The van der Waals surface area contributed by atoms with Crippen LogP contribution in [0.2, 0.25) is 0 Å². The van der Waals surface area contributed by atoms with Gasteiger partial charge in [0.15, 0.2) is 5.65 Å². The Kier molecular flexibility index (Phi) is 8.46. The van der Waals surface area contributed by atoms with E-state index in [1.165, 1.54) is 34.5 Å². The quantitative estimate of drug-likeness (QED) is 0.191. The molecule has 12 heteroatoms. The maximum atomic E-state index is 14.3. The highest BCUT2D eigenvalue weighted by molar-refractivity contribution is 7.11. The maximum Gasteiger partial charge on any atom is 0.164 e. The zero-order valence-electron chi connectivity index (χ0n) is 20.8. The number of aromatic nitrogens is 5. The van der Waals surface area contributed by atoms with Crippen LogP contribution in [0, 0.1) is 12.7 Å². The van der Waals surface area contributed by atoms with Crippen LogP contribution in [-0.4, -0.2) is 48.2 Å². The number of nitrogens with zero attached hydrogens (tertiary/aromatic N) is 5. The van der Waals surface area contributed by atoms with Crippen LogP contribution >= 0.6 is 11.3 Å². The van der Waals surface area contributed by atoms with Gasteiger partial charge in [-0.2, -0.15) is 5.10 Å². The molecule has 0 atom stereocenters. The number of benzene rings is 1. The fraction of sp³-hybridized carbons (Fsp3) is 0.231. The van der Waals surface area contributed by atoms with Crippen molar-refractivity contribution in [1.29, 1.82) is 0 Å². The minimum Gasteiger partial charge on any atom is -0.488 e. The number of ether oxygens (including phenoxy) is 2. The molecule has 4 rings (SSSR count). The number of hydrogen-bond acceptors (Lipinski definition) is 10. The smallest absolute Gasteiger partial charge is 0.164 e. The molecule has 10 nitrogen and oxygen atoms in total. The van der Waals surface area contributed by atoms with Crippen LogP contribution in [0.4, 0.5) is 10.2 Å². The molecule has 3 aromatic heterocycles. The number of halogens is 1. The first-order valence-corrected chi connectivity index (χ1v) is 12.4. The monoisotopic (exact) mass is 538 g/mol. The lowest BCUT2D eigenvalue weighted by Crippen LogP contribution is -2.19. The highest BCUT2D eigenvalue weighted by atomic mass is 32.1. The number of anilines is 1. The third kappa shape index (κ3) is 6.05. The second-order valence-corrected chi connectivity index (χ2v) is 9.50. The second kappa shape index (κ2) is 11.9. The van der Waals surface area contributed by atoms with Crippen LogP contribution in [0.25, 0.3) is 16.6 Å². The fourth-order valence-corrected chi connectivity index (χ4v) is 4.29. The average Bonchev–Trinajstić information content (AvgIpc) is 3.50. The zero-order chi connectivity index (χ0) is 27.2. The molecule has 4 aromatic rings. The summed E-state index contributed by atoms with van der Waals surface area (Å²) in [5.41, 5.74) is 7.29. The summed E-state index contributed by atoms with van der Waals surface area (Å²) in [7, 11) is 0. The molecule has 0 aliphatic carbocycles. The van der Waals surface area contributed by atoms with E-state index in [-0.39, 0.29) is 31.4 Å². The van der Waals surface area contributed by atoms with Gasteiger partial charge in [-0.25, -0.2) is 24.0 Å². The first kappa shape index (κ1) is 26.9. The normalized spacial score (nSPS) is 12.1. The van der Waals surface area contributed by atoms with Gasteiger partial charge in [0.25, 0.3) is 0 Å². The van der Waals surface area contributed by atoms with E-state index in [4.69, 9.17) is 15.2 Å². The molecule has 0 radical (unpaired) electrons. The summed E-state index contributed by atoms with van der Waals surface area (Å²) < 4.78 is 27.3. The standard InChI is InChI=1S/C26H27FN6O4S/c1-4-19(37-21-8-17(27)7-20(9-21)36-13-22-10-29-16(3)38-22)6-5-15(2)24-23-25(28)30-14-31-26(23)33(32-24)18(11-34)12-35/h4-10,14,18,34-35H,2,11-13H2,1,3H3,(H2,28,30,31). The zero-order valence-corrected chi connectivity index (χ0v) is 21.7. The first-order chi connectivity index (χ1) is 18.3. The van der Waals surface area contributed by atoms with Crippen molar-refractivity contribution in [2.75, 3.05) is 18.9 Å². The van der Waals surface area contributed by atoms with Gasteiger partial charge in [-0.15, -0.1) is 11.3 Å². The van der Waals surface area contributed by atoms with Crippen LogP contribution in [0.15, 0.2) is 61.3 Å². The minimum atomic E-state index is -0.712. The van der Waals surface area contributed by atoms with Crippen molar-refractivity contribution >= 4 is 33.8 Å². The molecule has 4 N–H and O–H groups in total. The van der Waals surface area contributed by atoms with Crippen LogP contribution in [0.3, 0.4) is 0 Å². The third-order valence-electron chi connectivity index (χ3n) is 5.45. The van der Waals surface area contributed by atoms with Gasteiger partial charge >= 0.3 is 0 Å². The number of aliphatic hydroxyl groups is 2. The van der Waals surface area contributed by atoms with Gasteiger partial charge in [0.05, 0.1) is 28.5 Å². The average molecular weight is 539 g/mol. The van der Waals surface area contributed by atoms with E-state index in [9.17, 15) is 14.6 Å². The Hall–Kier alpha value is -4.13. The van der Waals surface area contributed by atoms with Crippen molar-refractivity contribution in [2.24, 2.45) is 0 Å². The van der Waals surface area contributed by atoms with Crippen molar-refractivity contribution in [2.45, 2.75) is 26.5 Å². The Bertz CT molecular complexity index is 1510. The van der Waals surface area contributed by atoms with E-state index in [0.717, 1.165) is 9.88 Å². The summed E-state index contributed by atoms with van der Waals surface area (Å²) in [5.74, 6) is 0.673. The number of fused-ring (bicyclic) bond motifs is 1. The molecule has 0 saturated heterocycles. The van der Waals surface area contributed by atoms with Crippen LogP contribution < -0.4 is 15.2 Å². The molecule has 198 valence electrons. The molecule has 3 heterocycles. The van der Waals surface area contributed by atoms with Gasteiger partial charge < -0.3 is 25.4 Å².